The molecule has 2 N–H and O–H groups in total. The molecule has 0 radical (unpaired) electrons. The minimum absolute atomic E-state index is 0.317. The lowest BCUT2D eigenvalue weighted by atomic mass is 10.2. The molecule has 15 heavy (non-hydrogen) atoms. The quantitative estimate of drug-likeness (QED) is 0.789. The molecule has 3 nitrogen and oxygen atoms in total. The Morgan fingerprint density at radius 1 is 1.33 bits per heavy atom. The van der Waals surface area contributed by atoms with Crippen molar-refractivity contribution in [2.75, 3.05) is 13.2 Å². The van der Waals surface area contributed by atoms with Gasteiger partial charge in [0.25, 0.3) is 0 Å². The van der Waals surface area contributed by atoms with Crippen molar-refractivity contribution in [3.05, 3.63) is 29.8 Å². The van der Waals surface area contributed by atoms with Crippen LogP contribution in [0.4, 0.5) is 0 Å². The monoisotopic (exact) mass is 207 g/mol. The van der Waals surface area contributed by atoms with E-state index in [1.165, 1.54) is 18.4 Å². The molecule has 0 amide bonds. The molecule has 2 rings (SSSR count). The van der Waals surface area contributed by atoms with Crippen molar-refractivity contribution in [1.29, 1.82) is 0 Å². The van der Waals surface area contributed by atoms with E-state index in [0.717, 1.165) is 19.7 Å². The smallest absolute Gasteiger partial charge is 0.115 e. The van der Waals surface area contributed by atoms with Crippen molar-refractivity contribution in [2.45, 2.75) is 25.5 Å². The van der Waals surface area contributed by atoms with E-state index >= 15 is 0 Å². The van der Waals surface area contributed by atoms with E-state index in [4.69, 9.17) is 9.84 Å². The van der Waals surface area contributed by atoms with Crippen LogP contribution in [-0.4, -0.2) is 24.4 Å². The molecule has 82 valence electrons. The molecule has 0 aliphatic carbocycles. The molecule has 1 aromatic rings. The van der Waals surface area contributed by atoms with E-state index in [-0.39, 0.29) is 0 Å². The van der Waals surface area contributed by atoms with E-state index < -0.39 is 0 Å². The summed E-state index contributed by atoms with van der Waals surface area (Å²) in [5.74, 6) is 0.317. The van der Waals surface area contributed by atoms with E-state index in [9.17, 15) is 0 Å². The molecule has 1 unspecified atom stereocenters. The Bertz CT molecular complexity index is 291. The Morgan fingerprint density at radius 2 is 2.13 bits per heavy atom. The Hall–Kier alpha value is -1.06. The molecule has 0 spiro atoms. The Balaban J connectivity index is 1.71. The highest BCUT2D eigenvalue weighted by Crippen LogP contribution is 2.12. The van der Waals surface area contributed by atoms with Gasteiger partial charge in [0.05, 0.1) is 6.10 Å². The van der Waals surface area contributed by atoms with Crippen LogP contribution in [-0.2, 0) is 11.3 Å². The van der Waals surface area contributed by atoms with Crippen LogP contribution in [0.5, 0.6) is 5.75 Å². The van der Waals surface area contributed by atoms with E-state index in [1.807, 2.05) is 12.1 Å². The minimum Gasteiger partial charge on any atom is -0.508 e. The molecular weight excluding hydrogens is 190 g/mol. The lowest BCUT2D eigenvalue weighted by Crippen LogP contribution is -2.25. The SMILES string of the molecule is Oc1ccc(CNCC2CCCO2)cc1. The van der Waals surface area contributed by atoms with Gasteiger partial charge in [0.2, 0.25) is 0 Å². The Morgan fingerprint density at radius 3 is 2.80 bits per heavy atom. The van der Waals surface area contributed by atoms with Crippen LogP contribution in [0.25, 0.3) is 0 Å². The molecule has 1 atom stereocenters. The fraction of sp³-hybridized carbons (Fsp3) is 0.500. The van der Waals surface area contributed by atoms with Crippen molar-refractivity contribution in [2.24, 2.45) is 0 Å². The predicted molar refractivity (Wildman–Crippen MR) is 58.8 cm³/mol. The van der Waals surface area contributed by atoms with Crippen LogP contribution in [0, 0.1) is 0 Å². The normalized spacial score (nSPS) is 20.7. The highest BCUT2D eigenvalue weighted by molar-refractivity contribution is 5.25. The van der Waals surface area contributed by atoms with Crippen LogP contribution in [0.3, 0.4) is 0 Å². The highest BCUT2D eigenvalue weighted by Gasteiger charge is 2.14. The van der Waals surface area contributed by atoms with Gasteiger partial charge in [-0.2, -0.15) is 0 Å². The second kappa shape index (κ2) is 5.14. The number of ether oxygens (including phenoxy) is 1. The second-order valence-corrected chi connectivity index (χ2v) is 3.93. The van der Waals surface area contributed by atoms with Gasteiger partial charge < -0.3 is 15.2 Å². The molecule has 0 aromatic heterocycles. The van der Waals surface area contributed by atoms with Gasteiger partial charge in [0, 0.05) is 19.7 Å². The molecule has 1 aromatic carbocycles. The molecule has 1 aliphatic rings. The topological polar surface area (TPSA) is 41.5 Å². The first-order valence-electron chi connectivity index (χ1n) is 5.45. The number of phenolic OH excluding ortho intramolecular Hbond substituents is 1. The van der Waals surface area contributed by atoms with Gasteiger partial charge in [0.1, 0.15) is 5.75 Å². The molecular formula is C12H17NO2. The standard InChI is InChI=1S/C12H17NO2/c14-11-5-3-10(4-6-11)8-13-9-12-2-1-7-15-12/h3-6,12-14H,1-2,7-9H2. The summed E-state index contributed by atoms with van der Waals surface area (Å²) in [6.45, 7) is 2.66. The maximum Gasteiger partial charge on any atom is 0.115 e. The lowest BCUT2D eigenvalue weighted by Gasteiger charge is -2.10. The average Bonchev–Trinajstić information content (AvgIpc) is 2.74. The fourth-order valence-corrected chi connectivity index (χ4v) is 1.80. The molecule has 1 aliphatic heterocycles. The van der Waals surface area contributed by atoms with Crippen LogP contribution in [0.15, 0.2) is 24.3 Å². The number of hydrogen-bond acceptors (Lipinski definition) is 3. The van der Waals surface area contributed by atoms with Crippen molar-refractivity contribution >= 4 is 0 Å². The first-order chi connectivity index (χ1) is 7.34. The zero-order chi connectivity index (χ0) is 10.5. The number of nitrogens with one attached hydrogen (secondary N) is 1. The minimum atomic E-state index is 0.317. The van der Waals surface area contributed by atoms with Crippen molar-refractivity contribution in [3.8, 4) is 5.75 Å². The van der Waals surface area contributed by atoms with Gasteiger partial charge >= 0.3 is 0 Å². The summed E-state index contributed by atoms with van der Waals surface area (Å²) in [4.78, 5) is 0. The molecule has 3 heteroatoms. The number of hydrogen-bond donors (Lipinski definition) is 2. The van der Waals surface area contributed by atoms with E-state index in [2.05, 4.69) is 5.32 Å². The van der Waals surface area contributed by atoms with E-state index in [1.54, 1.807) is 12.1 Å². The zero-order valence-corrected chi connectivity index (χ0v) is 8.78. The van der Waals surface area contributed by atoms with Gasteiger partial charge in [-0.25, -0.2) is 0 Å². The predicted octanol–water partition coefficient (Wildman–Crippen LogP) is 1.66. The summed E-state index contributed by atoms with van der Waals surface area (Å²) in [5.41, 5.74) is 1.19. The summed E-state index contributed by atoms with van der Waals surface area (Å²) in [6, 6.07) is 7.28. The van der Waals surface area contributed by atoms with Crippen molar-refractivity contribution in [3.63, 3.8) is 0 Å². The first-order valence-corrected chi connectivity index (χ1v) is 5.45. The molecule has 0 bridgehead atoms. The van der Waals surface area contributed by atoms with Crippen LogP contribution >= 0.6 is 0 Å². The third-order valence-electron chi connectivity index (χ3n) is 2.66. The first kappa shape index (κ1) is 10.5. The third-order valence-corrected chi connectivity index (χ3v) is 2.66. The third kappa shape index (κ3) is 3.22. The largest absolute Gasteiger partial charge is 0.508 e. The van der Waals surface area contributed by atoms with Crippen molar-refractivity contribution < 1.29 is 9.84 Å². The number of rotatable bonds is 4. The number of aromatic hydroxyl groups is 1. The number of benzene rings is 1. The fourth-order valence-electron chi connectivity index (χ4n) is 1.80. The Labute approximate surface area is 90.1 Å². The van der Waals surface area contributed by atoms with Gasteiger partial charge in [0.15, 0.2) is 0 Å². The Kier molecular flexibility index (Phi) is 3.59. The summed E-state index contributed by atoms with van der Waals surface area (Å²) in [5, 5.41) is 12.5. The maximum absolute atomic E-state index is 9.11. The summed E-state index contributed by atoms with van der Waals surface area (Å²) < 4.78 is 5.51. The van der Waals surface area contributed by atoms with Crippen LogP contribution in [0.1, 0.15) is 18.4 Å². The van der Waals surface area contributed by atoms with Gasteiger partial charge in [-0.15, -0.1) is 0 Å². The molecule has 1 heterocycles. The lowest BCUT2D eigenvalue weighted by molar-refractivity contribution is 0.110. The molecule has 0 saturated carbocycles. The van der Waals surface area contributed by atoms with Gasteiger partial charge in [-0.05, 0) is 30.5 Å². The summed E-state index contributed by atoms with van der Waals surface area (Å²) in [6.07, 6.45) is 2.75. The van der Waals surface area contributed by atoms with Crippen LogP contribution < -0.4 is 5.32 Å². The second-order valence-electron chi connectivity index (χ2n) is 3.93. The van der Waals surface area contributed by atoms with Gasteiger partial charge in [-0.1, -0.05) is 12.1 Å². The van der Waals surface area contributed by atoms with Crippen molar-refractivity contribution in [1.82, 2.24) is 5.32 Å². The average molecular weight is 207 g/mol. The summed E-state index contributed by atoms with van der Waals surface area (Å²) >= 11 is 0. The number of phenols is 1. The zero-order valence-electron chi connectivity index (χ0n) is 8.78. The maximum atomic E-state index is 9.11. The molecule has 1 saturated heterocycles. The van der Waals surface area contributed by atoms with E-state index in [0.29, 0.717) is 11.9 Å². The van der Waals surface area contributed by atoms with Crippen LogP contribution in [0.2, 0.25) is 0 Å². The highest BCUT2D eigenvalue weighted by atomic mass is 16.5. The van der Waals surface area contributed by atoms with Gasteiger partial charge in [-0.3, -0.25) is 0 Å². The molecule has 1 fully saturated rings. The summed E-state index contributed by atoms with van der Waals surface area (Å²) in [7, 11) is 0.